The van der Waals surface area contributed by atoms with Crippen LogP contribution in [-0.2, 0) is 11.8 Å². The molecule has 1 saturated heterocycles. The fraction of sp³-hybridized carbons (Fsp3) is 0.421. The monoisotopic (exact) mass is 345 g/mol. The van der Waals surface area contributed by atoms with Crippen LogP contribution in [0.4, 0.5) is 0 Å². The SMILES string of the molecule is CSc1cc(OCC2(C)COC2)cc(-c2cc(C)c(=O)n(C)c2)c1. The standard InChI is InChI=1S/C19H23NO3S/c1-13-5-15(9-20(3)18(13)21)14-6-16(8-17(7-14)24-4)23-12-19(2)10-22-11-19/h5-9H,10-12H2,1-4H3. The van der Waals surface area contributed by atoms with Crippen molar-refractivity contribution in [2.75, 3.05) is 26.1 Å². The highest BCUT2D eigenvalue weighted by molar-refractivity contribution is 7.98. The van der Waals surface area contributed by atoms with Gasteiger partial charge in [0.25, 0.3) is 5.56 Å². The number of aryl methyl sites for hydroxylation is 2. The second-order valence-corrected chi connectivity index (χ2v) is 7.70. The minimum atomic E-state index is 0.0363. The molecule has 24 heavy (non-hydrogen) atoms. The zero-order valence-corrected chi connectivity index (χ0v) is 15.4. The Kier molecular flexibility index (Phi) is 4.74. The van der Waals surface area contributed by atoms with Crippen LogP contribution in [0.15, 0.2) is 40.2 Å². The predicted molar refractivity (Wildman–Crippen MR) is 98.1 cm³/mol. The van der Waals surface area contributed by atoms with Gasteiger partial charge >= 0.3 is 0 Å². The average Bonchev–Trinajstić information content (AvgIpc) is 2.55. The van der Waals surface area contributed by atoms with Crippen molar-refractivity contribution < 1.29 is 9.47 Å². The highest BCUT2D eigenvalue weighted by Gasteiger charge is 2.34. The molecule has 3 rings (SSSR count). The molecule has 0 bridgehead atoms. The van der Waals surface area contributed by atoms with Crippen LogP contribution < -0.4 is 10.3 Å². The number of hydrogen-bond acceptors (Lipinski definition) is 4. The lowest BCUT2D eigenvalue weighted by molar-refractivity contribution is -0.120. The van der Waals surface area contributed by atoms with E-state index in [1.165, 1.54) is 0 Å². The van der Waals surface area contributed by atoms with Crippen LogP contribution in [0.25, 0.3) is 11.1 Å². The maximum Gasteiger partial charge on any atom is 0.253 e. The molecule has 0 spiro atoms. The Balaban J connectivity index is 1.92. The molecular weight excluding hydrogens is 322 g/mol. The summed E-state index contributed by atoms with van der Waals surface area (Å²) in [4.78, 5) is 13.1. The van der Waals surface area contributed by atoms with Gasteiger partial charge in [-0.25, -0.2) is 0 Å². The zero-order valence-electron chi connectivity index (χ0n) is 14.6. The lowest BCUT2D eigenvalue weighted by Gasteiger charge is -2.37. The van der Waals surface area contributed by atoms with Gasteiger partial charge in [0, 0.05) is 29.1 Å². The van der Waals surface area contributed by atoms with Crippen LogP contribution in [-0.4, -0.2) is 30.6 Å². The molecule has 0 unspecified atom stereocenters. The van der Waals surface area contributed by atoms with Crippen LogP contribution in [0, 0.1) is 12.3 Å². The topological polar surface area (TPSA) is 40.5 Å². The second-order valence-electron chi connectivity index (χ2n) is 6.82. The third kappa shape index (κ3) is 3.52. The van der Waals surface area contributed by atoms with Gasteiger partial charge in [0.05, 0.1) is 19.8 Å². The van der Waals surface area contributed by atoms with Gasteiger partial charge in [-0.2, -0.15) is 0 Å². The van der Waals surface area contributed by atoms with E-state index in [2.05, 4.69) is 25.3 Å². The summed E-state index contributed by atoms with van der Waals surface area (Å²) in [6.07, 6.45) is 3.93. The molecule has 5 heteroatoms. The number of rotatable bonds is 5. The van der Waals surface area contributed by atoms with Crippen molar-refractivity contribution in [1.82, 2.24) is 4.57 Å². The summed E-state index contributed by atoms with van der Waals surface area (Å²) < 4.78 is 13.0. The van der Waals surface area contributed by atoms with Crippen LogP contribution in [0.2, 0.25) is 0 Å². The van der Waals surface area contributed by atoms with E-state index in [1.807, 2.05) is 25.3 Å². The molecule has 1 fully saturated rings. The molecule has 1 aromatic carbocycles. The first-order chi connectivity index (χ1) is 11.4. The first-order valence-corrected chi connectivity index (χ1v) is 9.20. The van der Waals surface area contributed by atoms with Crippen LogP contribution in [0.5, 0.6) is 5.75 Å². The fourth-order valence-electron chi connectivity index (χ4n) is 2.77. The van der Waals surface area contributed by atoms with Crippen molar-refractivity contribution in [1.29, 1.82) is 0 Å². The van der Waals surface area contributed by atoms with Gasteiger partial charge < -0.3 is 14.0 Å². The molecule has 0 radical (unpaired) electrons. The molecular formula is C19H23NO3S. The second kappa shape index (κ2) is 6.65. The summed E-state index contributed by atoms with van der Waals surface area (Å²) in [5, 5.41) is 0. The number of hydrogen-bond donors (Lipinski definition) is 0. The Hall–Kier alpha value is -1.72. The quantitative estimate of drug-likeness (QED) is 0.778. The molecule has 1 aliphatic heterocycles. The molecule has 0 saturated carbocycles. The summed E-state index contributed by atoms with van der Waals surface area (Å²) in [7, 11) is 1.78. The molecule has 128 valence electrons. The van der Waals surface area contributed by atoms with E-state index in [1.54, 1.807) is 23.4 Å². The summed E-state index contributed by atoms with van der Waals surface area (Å²) >= 11 is 1.68. The van der Waals surface area contributed by atoms with Crippen LogP contribution >= 0.6 is 11.8 Å². The van der Waals surface area contributed by atoms with Crippen molar-refractivity contribution in [2.24, 2.45) is 12.5 Å². The average molecular weight is 345 g/mol. The zero-order chi connectivity index (χ0) is 17.3. The highest BCUT2D eigenvalue weighted by atomic mass is 32.2. The third-order valence-electron chi connectivity index (χ3n) is 4.30. The van der Waals surface area contributed by atoms with Gasteiger partial charge in [-0.1, -0.05) is 6.92 Å². The van der Waals surface area contributed by atoms with E-state index in [9.17, 15) is 4.79 Å². The molecule has 0 N–H and O–H groups in total. The highest BCUT2D eigenvalue weighted by Crippen LogP contribution is 2.32. The first kappa shape index (κ1) is 17.1. The molecule has 0 amide bonds. The molecule has 1 aliphatic rings. The van der Waals surface area contributed by atoms with Crippen molar-refractivity contribution >= 4 is 11.8 Å². The number of ether oxygens (including phenoxy) is 2. The first-order valence-electron chi connectivity index (χ1n) is 7.97. The number of aromatic nitrogens is 1. The van der Waals surface area contributed by atoms with Gasteiger partial charge in [-0.15, -0.1) is 11.8 Å². The number of nitrogens with zero attached hydrogens (tertiary/aromatic N) is 1. The minimum Gasteiger partial charge on any atom is -0.493 e. The van der Waals surface area contributed by atoms with Gasteiger partial charge in [-0.05, 0) is 48.6 Å². The maximum atomic E-state index is 11.9. The number of thioether (sulfide) groups is 1. The molecule has 0 atom stereocenters. The summed E-state index contributed by atoms with van der Waals surface area (Å²) in [6, 6.07) is 8.17. The maximum absolute atomic E-state index is 11.9. The summed E-state index contributed by atoms with van der Waals surface area (Å²) in [5.74, 6) is 0.858. The van der Waals surface area contributed by atoms with Crippen molar-refractivity contribution in [2.45, 2.75) is 18.7 Å². The Labute approximate surface area is 146 Å². The summed E-state index contributed by atoms with van der Waals surface area (Å²) in [6.45, 7) is 6.17. The fourth-order valence-corrected chi connectivity index (χ4v) is 3.25. The third-order valence-corrected chi connectivity index (χ3v) is 5.01. The molecule has 0 aliphatic carbocycles. The van der Waals surface area contributed by atoms with Gasteiger partial charge in [0.1, 0.15) is 5.75 Å². The normalized spacial score (nSPS) is 15.8. The Bertz CT molecular complexity index is 782. The molecule has 1 aromatic heterocycles. The van der Waals surface area contributed by atoms with E-state index in [0.29, 0.717) is 6.61 Å². The van der Waals surface area contributed by atoms with Gasteiger partial charge in [0.2, 0.25) is 0 Å². The van der Waals surface area contributed by atoms with Crippen LogP contribution in [0.1, 0.15) is 12.5 Å². The van der Waals surface area contributed by atoms with E-state index in [-0.39, 0.29) is 11.0 Å². The molecule has 2 aromatic rings. The summed E-state index contributed by atoms with van der Waals surface area (Å²) in [5.41, 5.74) is 2.97. The van der Waals surface area contributed by atoms with Gasteiger partial charge in [0.15, 0.2) is 0 Å². The van der Waals surface area contributed by atoms with E-state index < -0.39 is 0 Å². The van der Waals surface area contributed by atoms with Crippen molar-refractivity contribution in [3.63, 3.8) is 0 Å². The smallest absolute Gasteiger partial charge is 0.253 e. The van der Waals surface area contributed by atoms with Crippen molar-refractivity contribution in [3.05, 3.63) is 46.4 Å². The van der Waals surface area contributed by atoms with Crippen molar-refractivity contribution in [3.8, 4) is 16.9 Å². The number of benzene rings is 1. The Morgan fingerprint density at radius 1 is 1.25 bits per heavy atom. The van der Waals surface area contributed by atoms with Gasteiger partial charge in [-0.3, -0.25) is 4.79 Å². The minimum absolute atomic E-state index is 0.0363. The molecule has 4 nitrogen and oxygen atoms in total. The van der Waals surface area contributed by atoms with Crippen LogP contribution in [0.3, 0.4) is 0 Å². The Morgan fingerprint density at radius 3 is 2.58 bits per heavy atom. The Morgan fingerprint density at radius 2 is 2.00 bits per heavy atom. The number of pyridine rings is 1. The van der Waals surface area contributed by atoms with E-state index >= 15 is 0 Å². The predicted octanol–water partition coefficient (Wildman–Crippen LogP) is 3.50. The lowest BCUT2D eigenvalue weighted by Crippen LogP contribution is -2.44. The lowest BCUT2D eigenvalue weighted by atomic mass is 9.90. The largest absolute Gasteiger partial charge is 0.493 e. The molecule has 2 heterocycles. The van der Waals surface area contributed by atoms with E-state index in [0.717, 1.165) is 40.5 Å². The van der Waals surface area contributed by atoms with E-state index in [4.69, 9.17) is 9.47 Å².